The molecule has 0 saturated carbocycles. The molecule has 2 aromatic heterocycles. The van der Waals surface area contributed by atoms with Gasteiger partial charge in [-0.15, -0.1) is 0 Å². The average Bonchev–Trinajstić information content (AvgIpc) is 2.70. The molecule has 0 aromatic carbocycles. The number of halogens is 1. The summed E-state index contributed by atoms with van der Waals surface area (Å²) < 4.78 is 3.08. The van der Waals surface area contributed by atoms with Crippen molar-refractivity contribution in [3.63, 3.8) is 0 Å². The van der Waals surface area contributed by atoms with Crippen molar-refractivity contribution in [2.75, 3.05) is 11.9 Å². The van der Waals surface area contributed by atoms with E-state index in [1.54, 1.807) is 30.1 Å². The second kappa shape index (κ2) is 4.77. The van der Waals surface area contributed by atoms with Crippen molar-refractivity contribution in [3.8, 4) is 5.69 Å². The van der Waals surface area contributed by atoms with Gasteiger partial charge in [0.25, 0.3) is 0 Å². The lowest BCUT2D eigenvalue weighted by Gasteiger charge is -2.11. The van der Waals surface area contributed by atoms with E-state index < -0.39 is 0 Å². The molecule has 2 rings (SSSR count). The summed E-state index contributed by atoms with van der Waals surface area (Å²) in [5.74, 6) is -0.0828. The molecule has 6 nitrogen and oxygen atoms in total. The van der Waals surface area contributed by atoms with Crippen LogP contribution < -0.4 is 9.63 Å². The monoisotopic (exact) mass is 311 g/mol. The minimum atomic E-state index is -0.0828. The summed E-state index contributed by atoms with van der Waals surface area (Å²) in [6, 6.07) is 3.49. The summed E-state index contributed by atoms with van der Waals surface area (Å²) in [5, 5.41) is 13.6. The number of aromatic nitrogens is 3. The van der Waals surface area contributed by atoms with E-state index in [-0.39, 0.29) is 5.91 Å². The Balaban J connectivity index is 2.43. The van der Waals surface area contributed by atoms with Gasteiger partial charge in [-0.2, -0.15) is 5.10 Å². The molecular weight excluding hydrogens is 300 g/mol. The van der Waals surface area contributed by atoms with E-state index in [4.69, 9.17) is 0 Å². The normalized spacial score (nSPS) is 10.4. The summed E-state index contributed by atoms with van der Waals surface area (Å²) in [6.07, 6.45) is 4.72. The van der Waals surface area contributed by atoms with Gasteiger partial charge in [-0.1, -0.05) is 0 Å². The van der Waals surface area contributed by atoms with Gasteiger partial charge in [0, 0.05) is 24.8 Å². The molecule has 0 bridgehead atoms. The molecule has 0 aliphatic heterocycles. The molecule has 0 aliphatic rings. The molecule has 0 fully saturated rings. The molecule has 0 aliphatic carbocycles. The number of hydrogen-bond acceptors (Lipinski definition) is 3. The van der Waals surface area contributed by atoms with Crippen LogP contribution in [-0.2, 0) is 4.79 Å². The standard InChI is InChI=1S/C11H12BrN4O2/c1-8(17)14(2)10-7-16(13-11(10)12)9-4-3-5-15(18)6-9/h3-7,18H,1-2H3/q+1. The SMILES string of the molecule is CC(=O)N(C)c1cn(-c2ccc[n+](O)c2)nc1Br. The second-order valence-electron chi connectivity index (χ2n) is 3.77. The third-order valence-electron chi connectivity index (χ3n) is 2.52. The highest BCUT2D eigenvalue weighted by Gasteiger charge is 2.15. The summed E-state index contributed by atoms with van der Waals surface area (Å²) in [4.78, 5) is 12.8. The molecule has 1 N–H and O–H groups in total. The van der Waals surface area contributed by atoms with Crippen LogP contribution in [-0.4, -0.2) is 27.9 Å². The van der Waals surface area contributed by atoms with E-state index in [0.717, 1.165) is 4.73 Å². The predicted molar refractivity (Wildman–Crippen MR) is 67.7 cm³/mol. The zero-order chi connectivity index (χ0) is 13.3. The fourth-order valence-electron chi connectivity index (χ4n) is 1.46. The number of carbonyl (C=O) groups is 1. The lowest BCUT2D eigenvalue weighted by molar-refractivity contribution is -0.904. The fourth-order valence-corrected chi connectivity index (χ4v) is 2.00. The van der Waals surface area contributed by atoms with Crippen molar-refractivity contribution in [2.45, 2.75) is 6.92 Å². The third kappa shape index (κ3) is 2.35. The van der Waals surface area contributed by atoms with Gasteiger partial charge in [-0.3, -0.25) is 10.0 Å². The molecule has 0 atom stereocenters. The first kappa shape index (κ1) is 12.6. The Kier molecular flexibility index (Phi) is 3.33. The van der Waals surface area contributed by atoms with Crippen LogP contribution in [0.2, 0.25) is 0 Å². The molecule has 18 heavy (non-hydrogen) atoms. The largest absolute Gasteiger partial charge is 0.312 e. The Morgan fingerprint density at radius 1 is 1.61 bits per heavy atom. The third-order valence-corrected chi connectivity index (χ3v) is 3.08. The van der Waals surface area contributed by atoms with Gasteiger partial charge in [0.05, 0.1) is 11.9 Å². The smallest absolute Gasteiger partial charge is 0.247 e. The molecule has 0 radical (unpaired) electrons. The second-order valence-corrected chi connectivity index (χ2v) is 4.52. The van der Waals surface area contributed by atoms with Crippen LogP contribution in [0.1, 0.15) is 6.92 Å². The molecule has 0 saturated heterocycles. The highest BCUT2D eigenvalue weighted by Crippen LogP contribution is 2.25. The quantitative estimate of drug-likeness (QED) is 0.668. The van der Waals surface area contributed by atoms with E-state index >= 15 is 0 Å². The number of rotatable bonds is 2. The minimum absolute atomic E-state index is 0.0828. The highest BCUT2D eigenvalue weighted by atomic mass is 79.9. The van der Waals surface area contributed by atoms with Gasteiger partial charge in [0.2, 0.25) is 18.3 Å². The molecule has 94 valence electrons. The van der Waals surface area contributed by atoms with Gasteiger partial charge in [0.1, 0.15) is 5.69 Å². The average molecular weight is 312 g/mol. The molecule has 2 aromatic rings. The number of hydrogen-bond donors (Lipinski definition) is 1. The van der Waals surface area contributed by atoms with Gasteiger partial charge in [0.15, 0.2) is 4.60 Å². The highest BCUT2D eigenvalue weighted by molar-refractivity contribution is 9.10. The summed E-state index contributed by atoms with van der Waals surface area (Å²) in [5.41, 5.74) is 1.35. The lowest BCUT2D eigenvalue weighted by atomic mass is 10.4. The van der Waals surface area contributed by atoms with Crippen LogP contribution in [0.5, 0.6) is 0 Å². The molecule has 1 amide bonds. The Bertz CT molecular complexity index is 596. The summed E-state index contributed by atoms with van der Waals surface area (Å²) in [7, 11) is 1.67. The predicted octanol–water partition coefficient (Wildman–Crippen LogP) is 1.14. The number of amides is 1. The van der Waals surface area contributed by atoms with Crippen LogP contribution in [0.25, 0.3) is 5.69 Å². The Hall–Kier alpha value is -1.89. The zero-order valence-corrected chi connectivity index (χ0v) is 11.5. The minimum Gasteiger partial charge on any atom is -0.312 e. The molecule has 0 unspecified atom stereocenters. The van der Waals surface area contributed by atoms with E-state index in [1.165, 1.54) is 24.2 Å². The maximum atomic E-state index is 11.3. The first-order chi connectivity index (χ1) is 8.49. The Morgan fingerprint density at radius 3 is 2.94 bits per heavy atom. The molecule has 2 heterocycles. The van der Waals surface area contributed by atoms with Crippen LogP contribution in [0.3, 0.4) is 0 Å². The van der Waals surface area contributed by atoms with Crippen molar-refractivity contribution in [1.29, 1.82) is 0 Å². The van der Waals surface area contributed by atoms with E-state index in [0.29, 0.717) is 16.0 Å². The van der Waals surface area contributed by atoms with E-state index in [1.807, 2.05) is 0 Å². The zero-order valence-electron chi connectivity index (χ0n) is 9.91. The fraction of sp³-hybridized carbons (Fsp3) is 0.182. The van der Waals surface area contributed by atoms with Gasteiger partial charge in [-0.25, -0.2) is 4.68 Å². The lowest BCUT2D eigenvalue weighted by Crippen LogP contribution is -2.29. The van der Waals surface area contributed by atoms with Crippen LogP contribution in [0, 0.1) is 0 Å². The van der Waals surface area contributed by atoms with Crippen LogP contribution >= 0.6 is 15.9 Å². The topological polar surface area (TPSA) is 62.2 Å². The molecular formula is C11H12BrN4O2+. The van der Waals surface area contributed by atoms with E-state index in [9.17, 15) is 10.0 Å². The first-order valence-corrected chi connectivity index (χ1v) is 5.99. The molecule has 0 spiro atoms. The van der Waals surface area contributed by atoms with Crippen molar-refractivity contribution in [3.05, 3.63) is 35.3 Å². The summed E-state index contributed by atoms with van der Waals surface area (Å²) in [6.45, 7) is 1.48. The van der Waals surface area contributed by atoms with Crippen molar-refractivity contribution in [1.82, 2.24) is 9.78 Å². The molecule has 7 heteroatoms. The number of pyridine rings is 1. The maximum absolute atomic E-state index is 11.3. The van der Waals surface area contributed by atoms with Crippen LogP contribution in [0.4, 0.5) is 5.69 Å². The van der Waals surface area contributed by atoms with Crippen molar-refractivity contribution < 1.29 is 14.7 Å². The van der Waals surface area contributed by atoms with Gasteiger partial charge >= 0.3 is 0 Å². The number of anilines is 1. The first-order valence-electron chi connectivity index (χ1n) is 5.19. The number of carbonyl (C=O) groups excluding carboxylic acids is 1. The van der Waals surface area contributed by atoms with Gasteiger partial charge < -0.3 is 4.90 Å². The van der Waals surface area contributed by atoms with Crippen molar-refractivity contribution >= 4 is 27.5 Å². The van der Waals surface area contributed by atoms with E-state index in [2.05, 4.69) is 21.0 Å². The van der Waals surface area contributed by atoms with Crippen LogP contribution in [0.15, 0.2) is 35.3 Å². The van der Waals surface area contributed by atoms with Crippen molar-refractivity contribution in [2.24, 2.45) is 0 Å². The number of nitrogens with zero attached hydrogens (tertiary/aromatic N) is 4. The summed E-state index contributed by atoms with van der Waals surface area (Å²) >= 11 is 3.31. The maximum Gasteiger partial charge on any atom is 0.247 e. The van der Waals surface area contributed by atoms with Gasteiger partial charge in [-0.05, 0) is 22.0 Å². The Labute approximate surface area is 112 Å². The Morgan fingerprint density at radius 2 is 2.33 bits per heavy atom.